The zero-order valence-electron chi connectivity index (χ0n) is 13.8. The summed E-state index contributed by atoms with van der Waals surface area (Å²) in [5, 5.41) is 13.2. The van der Waals surface area contributed by atoms with Crippen molar-refractivity contribution < 1.29 is 14.7 Å². The molecule has 1 saturated heterocycles. The molecule has 24 heavy (non-hydrogen) atoms. The van der Waals surface area contributed by atoms with Crippen molar-refractivity contribution in [1.82, 2.24) is 10.2 Å². The predicted molar refractivity (Wildman–Crippen MR) is 90.2 cm³/mol. The van der Waals surface area contributed by atoms with Crippen LogP contribution in [0.4, 0.5) is 0 Å². The lowest BCUT2D eigenvalue weighted by Gasteiger charge is -2.33. The summed E-state index contributed by atoms with van der Waals surface area (Å²) in [5.41, 5.74) is 7.34. The number of rotatable bonds is 5. The lowest BCUT2D eigenvalue weighted by molar-refractivity contribution is -0.134. The first-order valence-electron chi connectivity index (χ1n) is 8.53. The van der Waals surface area contributed by atoms with Gasteiger partial charge in [-0.05, 0) is 36.8 Å². The normalized spacial score (nSPS) is 22.2. The van der Waals surface area contributed by atoms with E-state index >= 15 is 0 Å². The molecule has 6 nitrogen and oxygen atoms in total. The maximum absolute atomic E-state index is 12.5. The number of carbonyl (C=O) groups excluding carboxylic acids is 2. The predicted octanol–water partition coefficient (Wildman–Crippen LogP) is -0.170. The first-order valence-corrected chi connectivity index (χ1v) is 8.53. The second-order valence-electron chi connectivity index (χ2n) is 7.00. The third kappa shape index (κ3) is 3.44. The summed E-state index contributed by atoms with van der Waals surface area (Å²) in [6.07, 6.45) is 2.99. The number of likely N-dealkylation sites (tertiary alicyclic amines) is 1. The van der Waals surface area contributed by atoms with Gasteiger partial charge in [0.2, 0.25) is 11.8 Å². The molecule has 2 aliphatic rings. The number of hydrogen-bond donors (Lipinski definition) is 3. The summed E-state index contributed by atoms with van der Waals surface area (Å²) in [6, 6.07) is 8.13. The number of carbonyl (C=O) groups is 2. The molecule has 0 aromatic heterocycles. The molecule has 4 N–H and O–H groups in total. The van der Waals surface area contributed by atoms with Crippen LogP contribution >= 0.6 is 0 Å². The van der Waals surface area contributed by atoms with Gasteiger partial charge in [-0.2, -0.15) is 0 Å². The molecule has 1 fully saturated rings. The van der Waals surface area contributed by atoms with Crippen molar-refractivity contribution in [1.29, 1.82) is 0 Å². The molecule has 1 aliphatic heterocycles. The molecule has 1 unspecified atom stereocenters. The van der Waals surface area contributed by atoms with Gasteiger partial charge < -0.3 is 21.1 Å². The highest BCUT2D eigenvalue weighted by atomic mass is 16.3. The van der Waals surface area contributed by atoms with Gasteiger partial charge in [0.1, 0.15) is 0 Å². The van der Waals surface area contributed by atoms with Crippen LogP contribution in [0.5, 0.6) is 0 Å². The van der Waals surface area contributed by atoms with Gasteiger partial charge in [-0.3, -0.25) is 9.59 Å². The molecule has 0 spiro atoms. The van der Waals surface area contributed by atoms with Gasteiger partial charge in [-0.15, -0.1) is 0 Å². The van der Waals surface area contributed by atoms with Crippen LogP contribution < -0.4 is 11.1 Å². The number of hydrogen-bond acceptors (Lipinski definition) is 4. The Kier molecular flexibility index (Phi) is 4.87. The number of aliphatic hydroxyl groups excluding tert-OH is 1. The number of nitrogens with one attached hydrogen (secondary N) is 1. The third-order valence-corrected chi connectivity index (χ3v) is 5.27. The number of piperidine rings is 1. The molecule has 6 heteroatoms. The lowest BCUT2D eigenvalue weighted by Crippen LogP contribution is -2.54. The minimum absolute atomic E-state index is 0.0150. The lowest BCUT2D eigenvalue weighted by atomic mass is 9.96. The van der Waals surface area contributed by atoms with E-state index < -0.39 is 5.54 Å². The van der Waals surface area contributed by atoms with E-state index in [-0.39, 0.29) is 30.9 Å². The summed E-state index contributed by atoms with van der Waals surface area (Å²) >= 11 is 0. The molecule has 1 aromatic rings. The van der Waals surface area contributed by atoms with Crippen LogP contribution in [0, 0.1) is 5.92 Å². The topological polar surface area (TPSA) is 95.7 Å². The van der Waals surface area contributed by atoms with Crippen molar-refractivity contribution in [2.45, 2.75) is 31.2 Å². The Balaban J connectivity index is 1.58. The van der Waals surface area contributed by atoms with Gasteiger partial charge in [-0.25, -0.2) is 0 Å². The van der Waals surface area contributed by atoms with Gasteiger partial charge in [0.05, 0.1) is 19.1 Å². The summed E-state index contributed by atoms with van der Waals surface area (Å²) < 4.78 is 0. The standard InChI is InChI=1S/C18H25N3O3/c19-17(24)15-6-3-7-21(11-15)16(23)10-20-18(12-22)8-13-4-1-2-5-14(13)9-18/h1-2,4-5,15,20,22H,3,6-12H2,(H2,19,24). The van der Waals surface area contributed by atoms with Crippen molar-refractivity contribution in [3.63, 3.8) is 0 Å². The second-order valence-corrected chi connectivity index (χ2v) is 7.00. The van der Waals surface area contributed by atoms with Crippen molar-refractivity contribution in [3.05, 3.63) is 35.4 Å². The Morgan fingerprint density at radius 2 is 1.96 bits per heavy atom. The smallest absolute Gasteiger partial charge is 0.236 e. The highest BCUT2D eigenvalue weighted by Crippen LogP contribution is 2.29. The quantitative estimate of drug-likeness (QED) is 0.698. The van der Waals surface area contributed by atoms with Crippen molar-refractivity contribution >= 4 is 11.8 Å². The Morgan fingerprint density at radius 1 is 1.29 bits per heavy atom. The highest BCUT2D eigenvalue weighted by Gasteiger charge is 2.37. The Hall–Kier alpha value is -1.92. The second kappa shape index (κ2) is 6.91. The molecular weight excluding hydrogens is 306 g/mol. The van der Waals surface area contributed by atoms with Crippen LogP contribution in [-0.2, 0) is 22.4 Å². The van der Waals surface area contributed by atoms with E-state index in [1.807, 2.05) is 12.1 Å². The molecule has 130 valence electrons. The minimum Gasteiger partial charge on any atom is -0.394 e. The zero-order valence-corrected chi connectivity index (χ0v) is 13.8. The van der Waals surface area contributed by atoms with Crippen LogP contribution in [-0.4, -0.2) is 53.6 Å². The Bertz CT molecular complexity index is 607. The monoisotopic (exact) mass is 331 g/mol. The van der Waals surface area contributed by atoms with Gasteiger partial charge in [-0.1, -0.05) is 24.3 Å². The zero-order chi connectivity index (χ0) is 17.2. The number of nitrogens with zero attached hydrogens (tertiary/aromatic N) is 1. The van der Waals surface area contributed by atoms with Crippen LogP contribution in [0.1, 0.15) is 24.0 Å². The first-order chi connectivity index (χ1) is 11.5. The SMILES string of the molecule is NC(=O)C1CCCN(C(=O)CNC2(CO)Cc3ccccc3C2)C1. The highest BCUT2D eigenvalue weighted by molar-refractivity contribution is 5.81. The van der Waals surface area contributed by atoms with Crippen molar-refractivity contribution in [2.24, 2.45) is 11.7 Å². The van der Waals surface area contributed by atoms with Crippen LogP contribution in [0.25, 0.3) is 0 Å². The molecule has 0 saturated carbocycles. The van der Waals surface area contributed by atoms with E-state index in [2.05, 4.69) is 17.4 Å². The van der Waals surface area contributed by atoms with E-state index in [4.69, 9.17) is 5.73 Å². The van der Waals surface area contributed by atoms with Crippen LogP contribution in [0.3, 0.4) is 0 Å². The molecule has 1 heterocycles. The first kappa shape index (κ1) is 16.9. The van der Waals surface area contributed by atoms with E-state index in [9.17, 15) is 14.7 Å². The van der Waals surface area contributed by atoms with E-state index in [1.54, 1.807) is 4.90 Å². The molecule has 0 bridgehead atoms. The molecule has 1 aliphatic carbocycles. The average molecular weight is 331 g/mol. The fraction of sp³-hybridized carbons (Fsp3) is 0.556. The number of primary amides is 1. The Labute approximate surface area is 142 Å². The van der Waals surface area contributed by atoms with Gasteiger partial charge in [0.25, 0.3) is 0 Å². The molecule has 0 radical (unpaired) electrons. The largest absolute Gasteiger partial charge is 0.394 e. The van der Waals surface area contributed by atoms with Crippen LogP contribution in [0.2, 0.25) is 0 Å². The fourth-order valence-corrected chi connectivity index (χ4v) is 3.80. The van der Waals surface area contributed by atoms with E-state index in [0.29, 0.717) is 13.1 Å². The van der Waals surface area contributed by atoms with Crippen molar-refractivity contribution in [3.8, 4) is 0 Å². The third-order valence-electron chi connectivity index (χ3n) is 5.27. The maximum atomic E-state index is 12.5. The van der Waals surface area contributed by atoms with E-state index in [0.717, 1.165) is 25.7 Å². The van der Waals surface area contributed by atoms with E-state index in [1.165, 1.54) is 11.1 Å². The minimum atomic E-state index is -0.474. The molecule has 1 aromatic carbocycles. The number of benzene rings is 1. The van der Waals surface area contributed by atoms with Crippen LogP contribution in [0.15, 0.2) is 24.3 Å². The molecule has 3 rings (SSSR count). The number of amides is 2. The summed E-state index contributed by atoms with van der Waals surface area (Å²) in [7, 11) is 0. The van der Waals surface area contributed by atoms with Gasteiger partial charge in [0.15, 0.2) is 0 Å². The van der Waals surface area contributed by atoms with Gasteiger partial charge in [0, 0.05) is 18.6 Å². The number of fused-ring (bicyclic) bond motifs is 1. The number of aliphatic hydroxyl groups is 1. The summed E-state index contributed by atoms with van der Waals surface area (Å²) in [5.74, 6) is -0.617. The average Bonchev–Trinajstić information content (AvgIpc) is 2.99. The molecular formula is C18H25N3O3. The number of nitrogens with two attached hydrogens (primary N) is 1. The molecule has 1 atom stereocenters. The Morgan fingerprint density at radius 3 is 2.54 bits per heavy atom. The summed E-state index contributed by atoms with van der Waals surface area (Å²) in [4.78, 5) is 25.5. The van der Waals surface area contributed by atoms with Crippen molar-refractivity contribution in [2.75, 3.05) is 26.2 Å². The maximum Gasteiger partial charge on any atom is 0.236 e. The molecule has 2 amide bonds. The fourth-order valence-electron chi connectivity index (χ4n) is 3.80. The van der Waals surface area contributed by atoms with Gasteiger partial charge >= 0.3 is 0 Å². The summed E-state index contributed by atoms with van der Waals surface area (Å²) in [6.45, 7) is 1.22.